The quantitative estimate of drug-likeness (QED) is 0.377. The van der Waals surface area contributed by atoms with Crippen molar-refractivity contribution < 1.29 is 9.59 Å². The second kappa shape index (κ2) is 8.91. The molecular weight excluding hydrogens is 448 g/mol. The molecule has 0 aliphatic heterocycles. The fourth-order valence-electron chi connectivity index (χ4n) is 2.42. The molecule has 29 heavy (non-hydrogen) atoms. The standard InChI is InChI=1S/C19H13ClN4O2S3/c20-12-3-1-11(2-4-12)17(26)22-13-5-6-14-15(9-13)29-19(23-14)28-10-16(25)24-18-21-7-8-27-18/h1-9H,10H2,(H,22,26)(H,21,24,25). The number of amides is 2. The third kappa shape index (κ3) is 5.13. The van der Waals surface area contributed by atoms with Crippen LogP contribution in [0.4, 0.5) is 10.8 Å². The molecular formula is C19H13ClN4O2S3. The number of carbonyl (C=O) groups is 2. The van der Waals surface area contributed by atoms with Gasteiger partial charge in [0.15, 0.2) is 9.47 Å². The predicted molar refractivity (Wildman–Crippen MR) is 120 cm³/mol. The van der Waals surface area contributed by atoms with Crippen molar-refractivity contribution in [3.63, 3.8) is 0 Å². The molecule has 4 aromatic rings. The average molecular weight is 461 g/mol. The van der Waals surface area contributed by atoms with Crippen LogP contribution in [0.15, 0.2) is 58.4 Å². The molecule has 0 unspecified atom stereocenters. The van der Waals surface area contributed by atoms with Crippen LogP contribution in [0.1, 0.15) is 10.4 Å². The zero-order valence-electron chi connectivity index (χ0n) is 14.7. The lowest BCUT2D eigenvalue weighted by atomic mass is 10.2. The van der Waals surface area contributed by atoms with Crippen LogP contribution in [0.5, 0.6) is 0 Å². The van der Waals surface area contributed by atoms with Crippen molar-refractivity contribution in [3.05, 3.63) is 64.6 Å². The molecule has 0 saturated heterocycles. The van der Waals surface area contributed by atoms with E-state index in [2.05, 4.69) is 20.6 Å². The van der Waals surface area contributed by atoms with Gasteiger partial charge in [-0.25, -0.2) is 9.97 Å². The number of aromatic nitrogens is 2. The zero-order chi connectivity index (χ0) is 20.2. The van der Waals surface area contributed by atoms with E-state index in [4.69, 9.17) is 11.6 Å². The maximum Gasteiger partial charge on any atom is 0.255 e. The van der Waals surface area contributed by atoms with Crippen molar-refractivity contribution in [2.75, 3.05) is 16.4 Å². The summed E-state index contributed by atoms with van der Waals surface area (Å²) in [5.74, 6) is -0.0846. The van der Waals surface area contributed by atoms with Crippen LogP contribution in [0.3, 0.4) is 0 Å². The number of hydrogen-bond acceptors (Lipinski definition) is 7. The molecule has 0 aliphatic rings. The molecule has 6 nitrogen and oxygen atoms in total. The third-order valence-electron chi connectivity index (χ3n) is 3.74. The van der Waals surface area contributed by atoms with Gasteiger partial charge in [0.25, 0.3) is 5.91 Å². The Bertz CT molecular complexity index is 1160. The summed E-state index contributed by atoms with van der Waals surface area (Å²) in [6, 6.07) is 12.2. The van der Waals surface area contributed by atoms with Crippen molar-refractivity contribution >= 4 is 78.9 Å². The lowest BCUT2D eigenvalue weighted by Gasteiger charge is -2.05. The summed E-state index contributed by atoms with van der Waals surface area (Å²) in [4.78, 5) is 32.9. The van der Waals surface area contributed by atoms with E-state index < -0.39 is 0 Å². The molecule has 146 valence electrons. The van der Waals surface area contributed by atoms with Crippen LogP contribution in [0, 0.1) is 0 Å². The number of thiazole rings is 2. The van der Waals surface area contributed by atoms with Gasteiger partial charge in [-0.05, 0) is 42.5 Å². The Morgan fingerprint density at radius 3 is 2.69 bits per heavy atom. The minimum atomic E-state index is -0.209. The normalized spacial score (nSPS) is 10.8. The molecule has 0 fully saturated rings. The van der Waals surface area contributed by atoms with Crippen molar-refractivity contribution in [1.29, 1.82) is 0 Å². The summed E-state index contributed by atoms with van der Waals surface area (Å²) in [7, 11) is 0. The van der Waals surface area contributed by atoms with Crippen molar-refractivity contribution in [1.82, 2.24) is 9.97 Å². The fourth-order valence-corrected chi connectivity index (χ4v) is 4.99. The molecule has 2 N–H and O–H groups in total. The van der Waals surface area contributed by atoms with Gasteiger partial charge in [-0.3, -0.25) is 9.59 Å². The summed E-state index contributed by atoms with van der Waals surface area (Å²) in [5.41, 5.74) is 2.03. The first-order chi connectivity index (χ1) is 14.1. The van der Waals surface area contributed by atoms with E-state index in [0.29, 0.717) is 21.4 Å². The SMILES string of the molecule is O=C(CSc1nc2ccc(NC(=O)c3ccc(Cl)cc3)cc2s1)Nc1nccs1. The van der Waals surface area contributed by atoms with Gasteiger partial charge in [-0.1, -0.05) is 23.4 Å². The second-order valence-electron chi connectivity index (χ2n) is 5.80. The van der Waals surface area contributed by atoms with Crippen LogP contribution < -0.4 is 10.6 Å². The number of benzene rings is 2. The smallest absolute Gasteiger partial charge is 0.255 e. The number of anilines is 2. The van der Waals surface area contributed by atoms with Gasteiger partial charge in [0.1, 0.15) is 0 Å². The van der Waals surface area contributed by atoms with E-state index in [1.165, 1.54) is 34.4 Å². The van der Waals surface area contributed by atoms with Crippen molar-refractivity contribution in [3.8, 4) is 0 Å². The molecule has 0 bridgehead atoms. The van der Waals surface area contributed by atoms with Crippen LogP contribution >= 0.6 is 46.0 Å². The van der Waals surface area contributed by atoms with E-state index in [-0.39, 0.29) is 17.6 Å². The van der Waals surface area contributed by atoms with E-state index in [0.717, 1.165) is 14.6 Å². The maximum atomic E-state index is 12.4. The van der Waals surface area contributed by atoms with Gasteiger partial charge in [0.2, 0.25) is 5.91 Å². The number of nitrogens with zero attached hydrogens (tertiary/aromatic N) is 2. The van der Waals surface area contributed by atoms with Crippen molar-refractivity contribution in [2.45, 2.75) is 4.34 Å². The second-order valence-corrected chi connectivity index (χ2v) is 9.38. The summed E-state index contributed by atoms with van der Waals surface area (Å²) < 4.78 is 1.72. The summed E-state index contributed by atoms with van der Waals surface area (Å²) in [5, 5.41) is 8.59. The number of rotatable bonds is 6. The molecule has 0 radical (unpaired) electrons. The summed E-state index contributed by atoms with van der Waals surface area (Å²) >= 11 is 10.1. The minimum absolute atomic E-state index is 0.125. The maximum absolute atomic E-state index is 12.4. The van der Waals surface area contributed by atoms with Crippen LogP contribution in [0.2, 0.25) is 5.02 Å². The first kappa shape index (κ1) is 19.8. The average Bonchev–Trinajstić information content (AvgIpc) is 3.36. The van der Waals surface area contributed by atoms with Gasteiger partial charge in [0, 0.05) is 27.9 Å². The number of thioether (sulfide) groups is 1. The first-order valence-corrected chi connectivity index (χ1v) is 11.4. The molecule has 0 atom stereocenters. The summed E-state index contributed by atoms with van der Waals surface area (Å²) in [6.45, 7) is 0. The minimum Gasteiger partial charge on any atom is -0.322 e. The highest BCUT2D eigenvalue weighted by atomic mass is 35.5. The Hall–Kier alpha value is -2.46. The molecule has 0 aliphatic carbocycles. The molecule has 4 rings (SSSR count). The largest absolute Gasteiger partial charge is 0.322 e. The fraction of sp³-hybridized carbons (Fsp3) is 0.0526. The topological polar surface area (TPSA) is 84.0 Å². The van der Waals surface area contributed by atoms with Gasteiger partial charge in [-0.15, -0.1) is 22.7 Å². The Kier molecular flexibility index (Phi) is 6.10. The Balaban J connectivity index is 1.40. The lowest BCUT2D eigenvalue weighted by molar-refractivity contribution is -0.113. The number of halogens is 1. The summed E-state index contributed by atoms with van der Waals surface area (Å²) in [6.07, 6.45) is 1.64. The van der Waals surface area contributed by atoms with Crippen LogP contribution in [-0.4, -0.2) is 27.5 Å². The van der Waals surface area contributed by atoms with Crippen LogP contribution in [0.25, 0.3) is 10.2 Å². The molecule has 0 saturated carbocycles. The van der Waals surface area contributed by atoms with Gasteiger partial charge in [0.05, 0.1) is 16.0 Å². The monoisotopic (exact) mass is 460 g/mol. The number of fused-ring (bicyclic) bond motifs is 1. The third-order valence-corrected chi connectivity index (χ3v) is 6.84. The highest BCUT2D eigenvalue weighted by Crippen LogP contribution is 2.31. The number of carbonyl (C=O) groups excluding carboxylic acids is 2. The van der Waals surface area contributed by atoms with Gasteiger partial charge in [-0.2, -0.15) is 0 Å². The van der Waals surface area contributed by atoms with Crippen LogP contribution in [-0.2, 0) is 4.79 Å². The Labute approximate surface area is 183 Å². The number of hydrogen-bond donors (Lipinski definition) is 2. The van der Waals surface area contributed by atoms with E-state index >= 15 is 0 Å². The molecule has 2 amide bonds. The van der Waals surface area contributed by atoms with E-state index in [9.17, 15) is 9.59 Å². The first-order valence-electron chi connectivity index (χ1n) is 8.36. The van der Waals surface area contributed by atoms with E-state index in [1.807, 2.05) is 12.1 Å². The Morgan fingerprint density at radius 2 is 1.93 bits per heavy atom. The van der Waals surface area contributed by atoms with Gasteiger partial charge < -0.3 is 10.6 Å². The lowest BCUT2D eigenvalue weighted by Crippen LogP contribution is -2.13. The number of nitrogens with one attached hydrogen (secondary N) is 2. The predicted octanol–water partition coefficient (Wildman–Crippen LogP) is 5.39. The molecule has 10 heteroatoms. The highest BCUT2D eigenvalue weighted by molar-refractivity contribution is 8.01. The van der Waals surface area contributed by atoms with Gasteiger partial charge >= 0.3 is 0 Å². The Morgan fingerprint density at radius 1 is 1.10 bits per heavy atom. The molecule has 0 spiro atoms. The molecule has 2 heterocycles. The van der Waals surface area contributed by atoms with Crippen molar-refractivity contribution in [2.24, 2.45) is 0 Å². The zero-order valence-corrected chi connectivity index (χ0v) is 17.9. The highest BCUT2D eigenvalue weighted by Gasteiger charge is 2.11. The van der Waals surface area contributed by atoms with E-state index in [1.54, 1.807) is 41.9 Å². The molecule has 2 aromatic heterocycles. The molecule has 2 aromatic carbocycles.